The van der Waals surface area contributed by atoms with E-state index in [2.05, 4.69) is 26.8 Å². The second-order valence-electron chi connectivity index (χ2n) is 7.59. The Bertz CT molecular complexity index is 804. The first-order valence-electron chi connectivity index (χ1n) is 9.57. The number of nitrogens with zero attached hydrogens (tertiary/aromatic N) is 6. The summed E-state index contributed by atoms with van der Waals surface area (Å²) < 4.78 is 1.91. The van der Waals surface area contributed by atoms with Crippen molar-refractivity contribution in [2.75, 3.05) is 26.7 Å². The van der Waals surface area contributed by atoms with Gasteiger partial charge in [-0.1, -0.05) is 17.4 Å². The Morgan fingerprint density at radius 2 is 2.30 bits per heavy atom. The molecule has 27 heavy (non-hydrogen) atoms. The molecule has 3 aliphatic rings. The lowest BCUT2D eigenvalue weighted by Gasteiger charge is -2.49. The Labute approximate surface area is 159 Å². The molecule has 7 nitrogen and oxygen atoms in total. The highest BCUT2D eigenvalue weighted by Crippen LogP contribution is 2.37. The maximum absolute atomic E-state index is 12.7. The van der Waals surface area contributed by atoms with Gasteiger partial charge in [0.25, 0.3) is 0 Å². The predicted octanol–water partition coefficient (Wildman–Crippen LogP) is 1.69. The number of rotatable bonds is 6. The topological polar surface area (TPSA) is 67.2 Å². The lowest BCUT2D eigenvalue weighted by atomic mass is 9.75. The van der Waals surface area contributed by atoms with Crippen molar-refractivity contribution in [3.63, 3.8) is 0 Å². The number of fused-ring (bicyclic) bond motifs is 3. The van der Waals surface area contributed by atoms with Crippen LogP contribution in [0.15, 0.2) is 43.2 Å². The first-order chi connectivity index (χ1) is 13.2. The molecule has 0 N–H and O–H groups in total. The smallest absolute Gasteiger partial charge is 0.227 e. The summed E-state index contributed by atoms with van der Waals surface area (Å²) in [5.41, 5.74) is 1.64. The quantitative estimate of drug-likeness (QED) is 0.728. The number of aromatic nitrogens is 4. The average Bonchev–Trinajstić information content (AvgIpc) is 3.17. The van der Waals surface area contributed by atoms with Gasteiger partial charge in [0.05, 0.1) is 24.4 Å². The molecule has 0 saturated carbocycles. The summed E-state index contributed by atoms with van der Waals surface area (Å²) in [5, 5.41) is 8.55. The van der Waals surface area contributed by atoms with Crippen molar-refractivity contribution in [2.45, 2.75) is 25.4 Å². The van der Waals surface area contributed by atoms with E-state index in [4.69, 9.17) is 0 Å². The molecule has 2 bridgehead atoms. The molecular formula is C20H26N6O. The van der Waals surface area contributed by atoms with Gasteiger partial charge >= 0.3 is 0 Å². The number of piperidine rings is 3. The molecule has 1 unspecified atom stereocenters. The van der Waals surface area contributed by atoms with Crippen LogP contribution in [0.3, 0.4) is 0 Å². The molecule has 0 aromatic carbocycles. The summed E-state index contributed by atoms with van der Waals surface area (Å²) in [6.45, 7) is 7.06. The molecule has 0 radical (unpaired) electrons. The number of hydrogen-bond donors (Lipinski definition) is 0. The number of carbonyl (C=O) groups is 1. The Morgan fingerprint density at radius 3 is 3.00 bits per heavy atom. The minimum Gasteiger partial charge on any atom is -0.342 e. The summed E-state index contributed by atoms with van der Waals surface area (Å²) in [5.74, 6) is 0.819. The van der Waals surface area contributed by atoms with Gasteiger partial charge in [-0.15, -0.1) is 11.7 Å². The van der Waals surface area contributed by atoms with E-state index in [9.17, 15) is 4.79 Å². The fourth-order valence-corrected chi connectivity index (χ4v) is 4.41. The van der Waals surface area contributed by atoms with E-state index in [1.807, 2.05) is 36.1 Å². The number of amides is 1. The zero-order valence-electron chi connectivity index (χ0n) is 15.7. The molecule has 2 aromatic rings. The largest absolute Gasteiger partial charge is 0.342 e. The van der Waals surface area contributed by atoms with Crippen LogP contribution in [0.25, 0.3) is 11.4 Å². The standard InChI is InChI=1S/C20H26N6O/c1-3-9-24(2)20(27)17-13-25-10-7-15(17)11-16(25)12-26-14-19(22-23-26)18-6-4-5-8-21-18/h3-6,8,14-17H,1,7,9-13H2,2H3/t15-,16+,17+/m0/s1. The molecule has 142 valence electrons. The van der Waals surface area contributed by atoms with Gasteiger partial charge in [0.2, 0.25) is 5.91 Å². The lowest BCUT2D eigenvalue weighted by Crippen LogP contribution is -2.58. The van der Waals surface area contributed by atoms with Crippen LogP contribution < -0.4 is 0 Å². The van der Waals surface area contributed by atoms with Crippen molar-refractivity contribution in [3.8, 4) is 11.4 Å². The summed E-state index contributed by atoms with van der Waals surface area (Å²) in [6, 6.07) is 6.20. The third-order valence-corrected chi connectivity index (χ3v) is 5.84. The maximum Gasteiger partial charge on any atom is 0.227 e. The third kappa shape index (κ3) is 3.64. The zero-order valence-corrected chi connectivity index (χ0v) is 15.7. The van der Waals surface area contributed by atoms with E-state index in [0.29, 0.717) is 18.5 Å². The molecule has 5 rings (SSSR count). The Morgan fingerprint density at radius 1 is 1.41 bits per heavy atom. The van der Waals surface area contributed by atoms with Crippen molar-refractivity contribution >= 4 is 5.91 Å². The van der Waals surface area contributed by atoms with Gasteiger partial charge in [0.15, 0.2) is 0 Å². The molecule has 7 heteroatoms. The maximum atomic E-state index is 12.7. The van der Waals surface area contributed by atoms with Crippen LogP contribution in [-0.2, 0) is 11.3 Å². The highest BCUT2D eigenvalue weighted by atomic mass is 16.2. The van der Waals surface area contributed by atoms with Crippen LogP contribution in [0.4, 0.5) is 0 Å². The van der Waals surface area contributed by atoms with Crippen molar-refractivity contribution in [1.29, 1.82) is 0 Å². The average molecular weight is 366 g/mol. The third-order valence-electron chi connectivity index (χ3n) is 5.84. The first-order valence-corrected chi connectivity index (χ1v) is 9.57. The fourth-order valence-electron chi connectivity index (χ4n) is 4.41. The Kier molecular flexibility index (Phi) is 5.03. The molecular weight excluding hydrogens is 340 g/mol. The molecule has 5 heterocycles. The van der Waals surface area contributed by atoms with Gasteiger partial charge in [-0.05, 0) is 37.4 Å². The van der Waals surface area contributed by atoms with Gasteiger partial charge in [0.1, 0.15) is 5.69 Å². The van der Waals surface area contributed by atoms with Crippen LogP contribution in [-0.4, -0.2) is 68.4 Å². The molecule has 4 atom stereocenters. The van der Waals surface area contributed by atoms with Crippen LogP contribution in [0.5, 0.6) is 0 Å². The first kappa shape index (κ1) is 17.9. The van der Waals surface area contributed by atoms with E-state index in [-0.39, 0.29) is 11.8 Å². The van der Waals surface area contributed by atoms with Crippen molar-refractivity contribution in [1.82, 2.24) is 29.8 Å². The van der Waals surface area contributed by atoms with Crippen LogP contribution in [0.2, 0.25) is 0 Å². The van der Waals surface area contributed by atoms with Gasteiger partial charge < -0.3 is 4.90 Å². The summed E-state index contributed by atoms with van der Waals surface area (Å²) >= 11 is 0. The number of carbonyl (C=O) groups excluding carboxylic acids is 1. The van der Waals surface area contributed by atoms with Crippen molar-refractivity contribution < 1.29 is 4.79 Å². The second-order valence-corrected chi connectivity index (χ2v) is 7.59. The van der Waals surface area contributed by atoms with Crippen LogP contribution >= 0.6 is 0 Å². The second kappa shape index (κ2) is 7.60. The lowest BCUT2D eigenvalue weighted by molar-refractivity contribution is -0.142. The highest BCUT2D eigenvalue weighted by molar-refractivity contribution is 5.79. The van der Waals surface area contributed by atoms with Gasteiger partial charge in [-0.25, -0.2) is 0 Å². The van der Waals surface area contributed by atoms with Gasteiger partial charge in [-0.2, -0.15) is 0 Å². The van der Waals surface area contributed by atoms with E-state index in [1.165, 1.54) is 0 Å². The molecule has 0 aliphatic carbocycles. The summed E-state index contributed by atoms with van der Waals surface area (Å²) in [7, 11) is 1.87. The summed E-state index contributed by atoms with van der Waals surface area (Å²) in [4.78, 5) is 21.3. The van der Waals surface area contributed by atoms with E-state index in [0.717, 1.165) is 43.9 Å². The summed E-state index contributed by atoms with van der Waals surface area (Å²) in [6.07, 6.45) is 7.65. The number of pyridine rings is 1. The van der Waals surface area contributed by atoms with Crippen LogP contribution in [0.1, 0.15) is 12.8 Å². The SMILES string of the molecule is C=CCN(C)C(=O)[C@@H]1CN2CC[C@H]1C[C@@H]2Cn1cc(-c2ccccn2)nn1. The fraction of sp³-hybridized carbons (Fsp3) is 0.500. The number of hydrogen-bond acceptors (Lipinski definition) is 5. The Balaban J connectivity index is 1.41. The van der Waals surface area contributed by atoms with E-state index < -0.39 is 0 Å². The normalized spacial score (nSPS) is 26.7. The minimum absolute atomic E-state index is 0.111. The molecule has 3 saturated heterocycles. The number of likely N-dealkylation sites (N-methyl/N-ethyl adjacent to an activating group) is 1. The van der Waals surface area contributed by atoms with E-state index in [1.54, 1.807) is 17.2 Å². The minimum atomic E-state index is 0.111. The van der Waals surface area contributed by atoms with Crippen molar-refractivity contribution in [3.05, 3.63) is 43.2 Å². The highest BCUT2D eigenvalue weighted by Gasteiger charge is 2.44. The van der Waals surface area contributed by atoms with E-state index >= 15 is 0 Å². The Hall–Kier alpha value is -2.54. The van der Waals surface area contributed by atoms with Crippen molar-refractivity contribution in [2.24, 2.45) is 11.8 Å². The van der Waals surface area contributed by atoms with Gasteiger partial charge in [-0.3, -0.25) is 19.4 Å². The zero-order chi connectivity index (χ0) is 18.8. The monoisotopic (exact) mass is 366 g/mol. The molecule has 3 fully saturated rings. The predicted molar refractivity (Wildman–Crippen MR) is 103 cm³/mol. The molecule has 3 aliphatic heterocycles. The molecule has 1 amide bonds. The van der Waals surface area contributed by atoms with Crippen LogP contribution in [0, 0.1) is 11.8 Å². The molecule has 2 aromatic heterocycles. The molecule has 0 spiro atoms. The van der Waals surface area contributed by atoms with Gasteiger partial charge in [0, 0.05) is 32.4 Å².